The van der Waals surface area contributed by atoms with Gasteiger partial charge >= 0.3 is 0 Å². The number of methoxy groups -OCH3 is 1. The van der Waals surface area contributed by atoms with Crippen LogP contribution in [0.15, 0.2) is 72.8 Å². The van der Waals surface area contributed by atoms with E-state index >= 15 is 0 Å². The molecule has 1 aromatic heterocycles. The zero-order chi connectivity index (χ0) is 28.2. The summed E-state index contributed by atoms with van der Waals surface area (Å²) in [6, 6.07) is 25.3. The van der Waals surface area contributed by atoms with Crippen LogP contribution in [0.1, 0.15) is 36.7 Å². The van der Waals surface area contributed by atoms with Crippen molar-refractivity contribution < 1.29 is 9.53 Å². The molecule has 2 saturated heterocycles. The second-order valence-corrected chi connectivity index (χ2v) is 11.3. The predicted molar refractivity (Wildman–Crippen MR) is 164 cm³/mol. The molecule has 0 spiro atoms. The normalized spacial score (nSPS) is 18.1. The molecule has 0 N–H and O–H groups in total. The number of fused-ring (bicyclic) bond motifs is 1. The number of nitrogens with zero attached hydrogens (tertiary/aromatic N) is 5. The van der Waals surface area contributed by atoms with E-state index in [2.05, 4.69) is 80.8 Å². The van der Waals surface area contributed by atoms with Crippen LogP contribution in [0.2, 0.25) is 0 Å². The average Bonchev–Trinajstić information content (AvgIpc) is 3.37. The van der Waals surface area contributed by atoms with Crippen molar-refractivity contribution in [3.05, 3.63) is 89.7 Å². The number of aromatic nitrogens is 2. The number of likely N-dealkylation sites (tertiary alicyclic amines) is 1. The molecule has 0 aliphatic carbocycles. The van der Waals surface area contributed by atoms with Gasteiger partial charge in [0.15, 0.2) is 0 Å². The Morgan fingerprint density at radius 2 is 1.66 bits per heavy atom. The first-order valence-electron chi connectivity index (χ1n) is 15.0. The highest BCUT2D eigenvalue weighted by molar-refractivity contribution is 5.79. The SMILES string of the molecule is CCc1ccccc1N1CCN(C(=O)[C@H]2CCCN(Cc3nc4ccccc4n3Cc3ccc(OC)cc3)C2)CC1. The van der Waals surface area contributed by atoms with Gasteiger partial charge in [-0.1, -0.05) is 49.4 Å². The van der Waals surface area contributed by atoms with E-state index in [1.165, 1.54) is 16.8 Å². The van der Waals surface area contributed by atoms with E-state index in [9.17, 15) is 4.79 Å². The van der Waals surface area contributed by atoms with Crippen molar-refractivity contribution in [1.29, 1.82) is 0 Å². The first-order valence-corrected chi connectivity index (χ1v) is 15.0. The smallest absolute Gasteiger partial charge is 0.227 e. The summed E-state index contributed by atoms with van der Waals surface area (Å²) in [5, 5.41) is 0. The molecule has 0 saturated carbocycles. The molecule has 7 heteroatoms. The van der Waals surface area contributed by atoms with Crippen molar-refractivity contribution >= 4 is 22.6 Å². The first-order chi connectivity index (χ1) is 20.1. The quantitative estimate of drug-likeness (QED) is 0.301. The molecule has 3 heterocycles. The molecular formula is C34H41N5O2. The molecule has 7 nitrogen and oxygen atoms in total. The van der Waals surface area contributed by atoms with Crippen LogP contribution in [0, 0.1) is 5.92 Å². The number of carbonyl (C=O) groups excluding carboxylic acids is 1. The lowest BCUT2D eigenvalue weighted by Crippen LogP contribution is -2.52. The predicted octanol–water partition coefficient (Wildman–Crippen LogP) is 5.22. The van der Waals surface area contributed by atoms with E-state index in [1.807, 2.05) is 18.2 Å². The minimum Gasteiger partial charge on any atom is -0.497 e. The fraction of sp³-hybridized carbons (Fsp3) is 0.412. The van der Waals surface area contributed by atoms with Crippen molar-refractivity contribution in [2.24, 2.45) is 5.92 Å². The van der Waals surface area contributed by atoms with Gasteiger partial charge in [-0.25, -0.2) is 4.98 Å². The maximum absolute atomic E-state index is 13.7. The maximum Gasteiger partial charge on any atom is 0.227 e. The third-order valence-electron chi connectivity index (χ3n) is 8.76. The monoisotopic (exact) mass is 551 g/mol. The van der Waals surface area contributed by atoms with Crippen LogP contribution < -0.4 is 9.64 Å². The van der Waals surface area contributed by atoms with Gasteiger partial charge in [-0.3, -0.25) is 9.69 Å². The molecule has 0 unspecified atom stereocenters. The van der Waals surface area contributed by atoms with Crippen LogP contribution in [0.4, 0.5) is 5.69 Å². The number of piperazine rings is 1. The number of benzene rings is 3. The summed E-state index contributed by atoms with van der Waals surface area (Å²) in [5.74, 6) is 2.29. The summed E-state index contributed by atoms with van der Waals surface area (Å²) in [5.41, 5.74) is 6.08. The number of rotatable bonds is 8. The largest absolute Gasteiger partial charge is 0.497 e. The number of imidazole rings is 1. The molecule has 1 atom stereocenters. The second kappa shape index (κ2) is 12.4. The molecule has 2 fully saturated rings. The minimum atomic E-state index is 0.0534. The zero-order valence-electron chi connectivity index (χ0n) is 24.3. The standard InChI is InChI=1S/C34H41N5O2/c1-3-27-9-4-6-12-31(27)37-19-21-38(22-20-37)34(40)28-10-8-18-36(24-28)25-33-35-30-11-5-7-13-32(30)39(33)23-26-14-16-29(41-2)17-15-26/h4-7,9,11-17,28H,3,8,10,18-25H2,1-2H3/t28-/m0/s1. The number of piperidine rings is 1. The van der Waals surface area contributed by atoms with Crippen LogP contribution in [0.5, 0.6) is 5.75 Å². The third-order valence-corrected chi connectivity index (χ3v) is 8.76. The highest BCUT2D eigenvalue weighted by Gasteiger charge is 2.32. The molecule has 1 amide bonds. The van der Waals surface area contributed by atoms with Gasteiger partial charge < -0.3 is 19.1 Å². The summed E-state index contributed by atoms with van der Waals surface area (Å²) in [4.78, 5) is 25.7. The molecule has 4 aromatic rings. The van der Waals surface area contributed by atoms with Crippen LogP contribution in [0.25, 0.3) is 11.0 Å². The van der Waals surface area contributed by atoms with Gasteiger partial charge in [0.1, 0.15) is 11.6 Å². The third kappa shape index (κ3) is 5.96. The van der Waals surface area contributed by atoms with Gasteiger partial charge in [0.25, 0.3) is 0 Å². The van der Waals surface area contributed by atoms with Crippen molar-refractivity contribution in [1.82, 2.24) is 19.4 Å². The lowest BCUT2D eigenvalue weighted by atomic mass is 9.96. The van der Waals surface area contributed by atoms with Crippen molar-refractivity contribution in [3.63, 3.8) is 0 Å². The fourth-order valence-corrected chi connectivity index (χ4v) is 6.48. The van der Waals surface area contributed by atoms with Gasteiger partial charge in [-0.05, 0) is 67.3 Å². The zero-order valence-corrected chi connectivity index (χ0v) is 24.3. The molecule has 41 heavy (non-hydrogen) atoms. The Balaban J connectivity index is 1.12. The number of aryl methyl sites for hydroxylation is 1. The van der Waals surface area contributed by atoms with Crippen LogP contribution in [0.3, 0.4) is 0 Å². The van der Waals surface area contributed by atoms with E-state index in [0.717, 1.165) is 94.2 Å². The number of ether oxygens (including phenoxy) is 1. The van der Waals surface area contributed by atoms with Crippen molar-refractivity contribution in [2.45, 2.75) is 39.3 Å². The lowest BCUT2D eigenvalue weighted by molar-refractivity contribution is -0.137. The fourth-order valence-electron chi connectivity index (χ4n) is 6.48. The number of para-hydroxylation sites is 3. The number of anilines is 1. The molecule has 2 aliphatic heterocycles. The summed E-state index contributed by atoms with van der Waals surface area (Å²) in [6.45, 7) is 8.89. The summed E-state index contributed by atoms with van der Waals surface area (Å²) < 4.78 is 7.68. The highest BCUT2D eigenvalue weighted by Crippen LogP contribution is 2.26. The van der Waals surface area contributed by atoms with E-state index in [1.54, 1.807) is 7.11 Å². The summed E-state index contributed by atoms with van der Waals surface area (Å²) in [6.07, 6.45) is 3.04. The Labute approximate surface area is 243 Å². The molecular weight excluding hydrogens is 510 g/mol. The lowest BCUT2D eigenvalue weighted by Gasteiger charge is -2.40. The van der Waals surface area contributed by atoms with E-state index in [0.29, 0.717) is 5.91 Å². The number of hydrogen-bond donors (Lipinski definition) is 0. The first kappa shape index (κ1) is 27.3. The van der Waals surface area contributed by atoms with Crippen LogP contribution in [-0.4, -0.2) is 71.6 Å². The second-order valence-electron chi connectivity index (χ2n) is 11.3. The number of amides is 1. The Morgan fingerprint density at radius 1 is 0.902 bits per heavy atom. The van der Waals surface area contributed by atoms with Gasteiger partial charge in [-0.15, -0.1) is 0 Å². The van der Waals surface area contributed by atoms with Crippen molar-refractivity contribution in [2.75, 3.05) is 51.3 Å². The van der Waals surface area contributed by atoms with Crippen LogP contribution in [-0.2, 0) is 24.3 Å². The van der Waals surface area contributed by atoms with Gasteiger partial charge in [0.05, 0.1) is 30.6 Å². The molecule has 0 radical (unpaired) electrons. The van der Waals surface area contributed by atoms with E-state index < -0.39 is 0 Å². The van der Waals surface area contributed by atoms with Gasteiger partial charge in [0, 0.05) is 45.0 Å². The summed E-state index contributed by atoms with van der Waals surface area (Å²) >= 11 is 0. The molecule has 2 aliphatic rings. The highest BCUT2D eigenvalue weighted by atomic mass is 16.5. The molecule has 214 valence electrons. The van der Waals surface area contributed by atoms with E-state index in [4.69, 9.17) is 9.72 Å². The summed E-state index contributed by atoms with van der Waals surface area (Å²) in [7, 11) is 1.69. The van der Waals surface area contributed by atoms with Crippen molar-refractivity contribution in [3.8, 4) is 5.75 Å². The Bertz CT molecular complexity index is 1470. The Kier molecular flexibility index (Phi) is 8.23. The minimum absolute atomic E-state index is 0.0534. The molecule has 0 bridgehead atoms. The number of hydrogen-bond acceptors (Lipinski definition) is 5. The number of carbonyl (C=O) groups is 1. The van der Waals surface area contributed by atoms with Gasteiger partial charge in [0.2, 0.25) is 5.91 Å². The Hall–Kier alpha value is -3.84. The van der Waals surface area contributed by atoms with Crippen LogP contribution >= 0.6 is 0 Å². The average molecular weight is 552 g/mol. The topological polar surface area (TPSA) is 53.8 Å². The Morgan fingerprint density at radius 3 is 2.44 bits per heavy atom. The maximum atomic E-state index is 13.7. The van der Waals surface area contributed by atoms with Gasteiger partial charge in [-0.2, -0.15) is 0 Å². The molecule has 3 aromatic carbocycles. The molecule has 6 rings (SSSR count). The van der Waals surface area contributed by atoms with E-state index in [-0.39, 0.29) is 5.92 Å².